The lowest BCUT2D eigenvalue weighted by molar-refractivity contribution is -0.137. The normalized spacial score (nSPS) is 12.4. The van der Waals surface area contributed by atoms with Gasteiger partial charge in [0.25, 0.3) is 0 Å². The predicted octanol–water partition coefficient (Wildman–Crippen LogP) is 5.11. The van der Waals surface area contributed by atoms with E-state index in [0.717, 1.165) is 12.3 Å². The molecule has 5 aromatic rings. The van der Waals surface area contributed by atoms with E-state index in [4.69, 9.17) is 0 Å². The van der Waals surface area contributed by atoms with Crippen LogP contribution in [0.2, 0.25) is 0 Å². The molecule has 184 valence electrons. The molecule has 0 bridgehead atoms. The Bertz CT molecular complexity index is 1750. The first-order valence-electron chi connectivity index (χ1n) is 10.7. The van der Waals surface area contributed by atoms with Crippen LogP contribution in [0.15, 0.2) is 73.2 Å². The molecule has 0 aliphatic carbocycles. The van der Waals surface area contributed by atoms with Gasteiger partial charge >= 0.3 is 6.18 Å². The zero-order valence-electron chi connectivity index (χ0n) is 19.0. The number of halogens is 3. The first-order valence-corrected chi connectivity index (χ1v) is 12.6. The zero-order valence-corrected chi connectivity index (χ0v) is 19.9. The zero-order chi connectivity index (χ0) is 25.8. The molecule has 0 amide bonds. The molecule has 0 fully saturated rings. The largest absolute Gasteiger partial charge is 0.417 e. The number of aromatic nitrogens is 3. The van der Waals surface area contributed by atoms with Crippen LogP contribution >= 0.6 is 0 Å². The van der Waals surface area contributed by atoms with Gasteiger partial charge in [-0.25, -0.2) is 13.4 Å². The smallest absolute Gasteiger partial charge is 0.334 e. The monoisotopic (exact) mass is 512 g/mol. The Kier molecular flexibility index (Phi) is 5.40. The summed E-state index contributed by atoms with van der Waals surface area (Å²) in [7, 11) is -1.84. The molecule has 0 saturated heterocycles. The fourth-order valence-electron chi connectivity index (χ4n) is 4.23. The quantitative estimate of drug-likeness (QED) is 0.332. The molecule has 0 saturated carbocycles. The van der Waals surface area contributed by atoms with Gasteiger partial charge in [-0.05, 0) is 60.2 Å². The molecule has 3 aromatic heterocycles. The van der Waals surface area contributed by atoms with E-state index >= 15 is 0 Å². The van der Waals surface area contributed by atoms with E-state index in [-0.39, 0.29) is 17.0 Å². The van der Waals surface area contributed by atoms with E-state index < -0.39 is 21.8 Å². The van der Waals surface area contributed by atoms with Crippen molar-refractivity contribution in [3.8, 4) is 11.1 Å². The molecule has 0 atom stereocenters. The van der Waals surface area contributed by atoms with Crippen LogP contribution in [0.5, 0.6) is 0 Å². The number of sulfonamides is 1. The number of rotatable bonds is 5. The van der Waals surface area contributed by atoms with E-state index in [2.05, 4.69) is 9.71 Å². The molecule has 0 unspecified atom stereocenters. The summed E-state index contributed by atoms with van der Waals surface area (Å²) in [6.45, 7) is 0. The second kappa shape index (κ2) is 8.23. The van der Waals surface area contributed by atoms with Crippen LogP contribution in [0, 0.1) is 0 Å². The van der Waals surface area contributed by atoms with Gasteiger partial charge in [0.1, 0.15) is 0 Å². The molecular weight excluding hydrogens is 493 g/mol. The summed E-state index contributed by atoms with van der Waals surface area (Å²) in [5.41, 5.74) is 1.55. The molecule has 0 aliphatic rings. The van der Waals surface area contributed by atoms with Crippen LogP contribution in [-0.4, -0.2) is 34.4 Å². The van der Waals surface area contributed by atoms with Crippen molar-refractivity contribution in [2.75, 3.05) is 11.0 Å². The van der Waals surface area contributed by atoms with Crippen molar-refractivity contribution < 1.29 is 26.4 Å². The minimum Gasteiger partial charge on any atom is -0.334 e. The summed E-state index contributed by atoms with van der Waals surface area (Å²) in [5, 5.41) is 0. The van der Waals surface area contributed by atoms with Crippen molar-refractivity contribution in [2.24, 2.45) is 7.05 Å². The molecule has 2 aromatic carbocycles. The number of hydrogen-bond donors (Lipinski definition) is 1. The van der Waals surface area contributed by atoms with Gasteiger partial charge < -0.3 is 8.97 Å². The maximum Gasteiger partial charge on any atom is 0.417 e. The summed E-state index contributed by atoms with van der Waals surface area (Å²) in [6.07, 6.45) is -0.516. The number of carbonyl (C=O) groups is 1. The highest BCUT2D eigenvalue weighted by atomic mass is 32.2. The van der Waals surface area contributed by atoms with Gasteiger partial charge in [-0.1, -0.05) is 6.07 Å². The van der Waals surface area contributed by atoms with Crippen molar-refractivity contribution in [1.82, 2.24) is 14.0 Å². The molecule has 5 rings (SSSR count). The predicted molar refractivity (Wildman–Crippen MR) is 130 cm³/mol. The Labute approximate surface area is 203 Å². The van der Waals surface area contributed by atoms with Gasteiger partial charge in [0, 0.05) is 30.1 Å². The summed E-state index contributed by atoms with van der Waals surface area (Å²) in [6, 6.07) is 14.7. The molecule has 1 N–H and O–H groups in total. The van der Waals surface area contributed by atoms with Gasteiger partial charge in [-0.2, -0.15) is 13.2 Å². The summed E-state index contributed by atoms with van der Waals surface area (Å²) in [5.74, 6) is -0.366. The Balaban J connectivity index is 1.61. The van der Waals surface area contributed by atoms with Crippen LogP contribution < -0.4 is 4.72 Å². The van der Waals surface area contributed by atoms with Crippen molar-refractivity contribution in [1.29, 1.82) is 0 Å². The average Bonchev–Trinajstić information content (AvgIpc) is 3.40. The van der Waals surface area contributed by atoms with Crippen molar-refractivity contribution in [3.63, 3.8) is 0 Å². The Morgan fingerprint density at radius 1 is 0.972 bits per heavy atom. The number of imidazole rings is 1. The number of nitrogens with zero attached hydrogens (tertiary/aromatic N) is 3. The molecule has 36 heavy (non-hydrogen) atoms. The first kappa shape index (κ1) is 23.6. The first-order chi connectivity index (χ1) is 16.9. The van der Waals surface area contributed by atoms with Crippen LogP contribution in [0.1, 0.15) is 21.6 Å². The molecule has 3 heterocycles. The summed E-state index contributed by atoms with van der Waals surface area (Å²) in [4.78, 5) is 17.4. The molecular formula is C25H19F3N4O3S. The lowest BCUT2D eigenvalue weighted by Crippen LogP contribution is -2.10. The SMILES string of the molecule is Cn1cnc2cc(-c3cccn4c(C(=O)c5ccc(NS(C)(=O)=O)cc5)ccc34)c(C(F)(F)F)cc21. The fraction of sp³-hybridized carbons (Fsp3) is 0.120. The number of anilines is 1. The molecule has 7 nitrogen and oxygen atoms in total. The third kappa shape index (κ3) is 4.22. The summed E-state index contributed by atoms with van der Waals surface area (Å²) >= 11 is 0. The molecule has 0 radical (unpaired) electrons. The number of aryl methyl sites for hydroxylation is 1. The van der Waals surface area contributed by atoms with Gasteiger partial charge in [0.05, 0.1) is 40.4 Å². The van der Waals surface area contributed by atoms with E-state index in [1.165, 1.54) is 41.2 Å². The van der Waals surface area contributed by atoms with Crippen LogP contribution in [-0.2, 0) is 23.2 Å². The summed E-state index contributed by atoms with van der Waals surface area (Å²) < 4.78 is 70.4. The highest BCUT2D eigenvalue weighted by Gasteiger charge is 2.35. The fourth-order valence-corrected chi connectivity index (χ4v) is 4.80. The molecule has 0 aliphatic heterocycles. The molecule has 0 spiro atoms. The van der Waals surface area contributed by atoms with Crippen molar-refractivity contribution in [2.45, 2.75) is 6.18 Å². The highest BCUT2D eigenvalue weighted by molar-refractivity contribution is 7.92. The Morgan fingerprint density at radius 2 is 1.69 bits per heavy atom. The second-order valence-electron chi connectivity index (χ2n) is 8.42. The van der Waals surface area contributed by atoms with Gasteiger partial charge in [-0.3, -0.25) is 9.52 Å². The Hall–Kier alpha value is -4.12. The maximum absolute atomic E-state index is 14.1. The maximum atomic E-state index is 14.1. The number of pyridine rings is 1. The van der Waals surface area contributed by atoms with Crippen molar-refractivity contribution in [3.05, 3.63) is 90.0 Å². The minimum atomic E-state index is -4.60. The van der Waals surface area contributed by atoms with Gasteiger partial charge in [0.15, 0.2) is 0 Å². The van der Waals surface area contributed by atoms with Gasteiger partial charge in [-0.15, -0.1) is 0 Å². The number of alkyl halides is 3. The topological polar surface area (TPSA) is 85.5 Å². The number of fused-ring (bicyclic) bond motifs is 2. The highest BCUT2D eigenvalue weighted by Crippen LogP contribution is 2.41. The average molecular weight is 513 g/mol. The second-order valence-corrected chi connectivity index (χ2v) is 10.2. The van der Waals surface area contributed by atoms with E-state index in [0.29, 0.717) is 33.4 Å². The van der Waals surface area contributed by atoms with Crippen LogP contribution in [0.4, 0.5) is 18.9 Å². The van der Waals surface area contributed by atoms with Gasteiger partial charge in [0.2, 0.25) is 15.8 Å². The number of ketones is 1. The Morgan fingerprint density at radius 3 is 2.36 bits per heavy atom. The number of hydrogen-bond acceptors (Lipinski definition) is 4. The third-order valence-corrected chi connectivity index (χ3v) is 6.44. The minimum absolute atomic E-state index is 0.0346. The molecule has 11 heteroatoms. The number of nitrogens with one attached hydrogen (secondary N) is 1. The lowest BCUT2D eigenvalue weighted by Gasteiger charge is -2.15. The van der Waals surface area contributed by atoms with Crippen LogP contribution in [0.25, 0.3) is 27.7 Å². The van der Waals surface area contributed by atoms with Crippen molar-refractivity contribution >= 4 is 38.0 Å². The van der Waals surface area contributed by atoms with E-state index in [1.807, 2.05) is 0 Å². The third-order valence-electron chi connectivity index (χ3n) is 5.84. The van der Waals surface area contributed by atoms with E-state index in [9.17, 15) is 26.4 Å². The van der Waals surface area contributed by atoms with Crippen LogP contribution in [0.3, 0.4) is 0 Å². The lowest BCUT2D eigenvalue weighted by atomic mass is 9.98. The number of carbonyl (C=O) groups excluding carboxylic acids is 1. The standard InChI is InChI=1S/C25H19F3N4O3S/c1-31-14-29-20-12-18(19(13-23(20)31)25(26,27)28)17-4-3-11-32-21(17)9-10-22(32)24(33)15-5-7-16(8-6-15)30-36(2,34)35/h3-14,30H,1-2H3. The van der Waals surface area contributed by atoms with E-state index in [1.54, 1.807) is 41.9 Å². The number of benzene rings is 2.